The molecule has 12 heteroatoms. The van der Waals surface area contributed by atoms with Gasteiger partial charge in [-0.15, -0.1) is 0 Å². The van der Waals surface area contributed by atoms with Crippen molar-refractivity contribution in [2.75, 3.05) is 28.7 Å². The second-order valence-electron chi connectivity index (χ2n) is 11.2. The van der Waals surface area contributed by atoms with Crippen LogP contribution in [0.5, 0.6) is 29.1 Å². The minimum Gasteiger partial charge on any atom is -0.492 e. The zero-order valence-corrected chi connectivity index (χ0v) is 26.2. The molecule has 1 heterocycles. The summed E-state index contributed by atoms with van der Waals surface area (Å²) in [6.07, 6.45) is 2.60. The van der Waals surface area contributed by atoms with Crippen LogP contribution in [-0.2, 0) is 15.4 Å². The molecule has 0 unspecified atom stereocenters. The average molecular weight is 628 g/mol. The number of hydrogen-bond donors (Lipinski definition) is 3. The first-order valence-electron chi connectivity index (χ1n) is 13.9. The van der Waals surface area contributed by atoms with Gasteiger partial charge < -0.3 is 24.8 Å². The lowest BCUT2D eigenvalue weighted by Crippen LogP contribution is -2.22. The summed E-state index contributed by atoms with van der Waals surface area (Å²) >= 11 is 0. The molecular formula is C33H33N5O6S. The number of urea groups is 1. The van der Waals surface area contributed by atoms with Crippen molar-refractivity contribution in [3.8, 4) is 29.1 Å². The van der Waals surface area contributed by atoms with Gasteiger partial charge in [0, 0.05) is 23.0 Å². The van der Waals surface area contributed by atoms with Crippen LogP contribution < -0.4 is 29.6 Å². The van der Waals surface area contributed by atoms with Crippen LogP contribution in [0.2, 0.25) is 0 Å². The Morgan fingerprint density at radius 2 is 1.47 bits per heavy atom. The van der Waals surface area contributed by atoms with Gasteiger partial charge in [-0.1, -0.05) is 63.2 Å². The highest BCUT2D eigenvalue weighted by Gasteiger charge is 2.22. The first-order valence-corrected chi connectivity index (χ1v) is 15.8. The number of para-hydroxylation sites is 1. The highest BCUT2D eigenvalue weighted by atomic mass is 32.2. The summed E-state index contributed by atoms with van der Waals surface area (Å²) < 4.78 is 44.0. The molecule has 11 nitrogen and oxygen atoms in total. The van der Waals surface area contributed by atoms with Crippen LogP contribution in [0, 0.1) is 0 Å². The zero-order chi connectivity index (χ0) is 32.2. The third-order valence-electron chi connectivity index (χ3n) is 6.61. The summed E-state index contributed by atoms with van der Waals surface area (Å²) in [6.45, 7) is 5.95. The summed E-state index contributed by atoms with van der Waals surface area (Å²) in [6, 6.07) is 24.8. The standard InChI is InChI=1S/C33H33N5O6S/c1-33(2,3)21-19-26(30(42-4)27(20-21)38-45(5,40)41)36-31(39)35-25-15-16-28(24-14-10-9-13-23(24)25)44-29-17-18-34-32(37-29)43-22-11-7-6-8-12-22/h6-20,38H,1-5H3,(H2,35,36,39). The van der Waals surface area contributed by atoms with Gasteiger partial charge in [0.25, 0.3) is 0 Å². The van der Waals surface area contributed by atoms with E-state index in [0.29, 0.717) is 22.9 Å². The number of methoxy groups -OCH3 is 1. The van der Waals surface area contributed by atoms with Crippen molar-refractivity contribution < 1.29 is 27.4 Å². The van der Waals surface area contributed by atoms with Crippen LogP contribution in [0.3, 0.4) is 0 Å². The fraction of sp³-hybridized carbons (Fsp3) is 0.182. The van der Waals surface area contributed by atoms with Crippen LogP contribution in [0.25, 0.3) is 10.8 Å². The Kier molecular flexibility index (Phi) is 8.77. The Morgan fingerprint density at radius 3 is 2.16 bits per heavy atom. The van der Waals surface area contributed by atoms with Crippen LogP contribution in [0.1, 0.15) is 26.3 Å². The van der Waals surface area contributed by atoms with Gasteiger partial charge in [0.1, 0.15) is 11.5 Å². The van der Waals surface area contributed by atoms with Gasteiger partial charge in [-0.3, -0.25) is 4.72 Å². The normalized spacial score (nSPS) is 11.5. The van der Waals surface area contributed by atoms with Gasteiger partial charge in [0.2, 0.25) is 15.9 Å². The van der Waals surface area contributed by atoms with E-state index in [4.69, 9.17) is 14.2 Å². The third kappa shape index (κ3) is 7.78. The van der Waals surface area contributed by atoms with Gasteiger partial charge in [-0.2, -0.15) is 4.98 Å². The molecule has 0 spiro atoms. The molecule has 0 saturated heterocycles. The number of anilines is 3. The zero-order valence-electron chi connectivity index (χ0n) is 25.4. The monoisotopic (exact) mass is 627 g/mol. The first kappa shape index (κ1) is 31.1. The number of sulfonamides is 1. The van der Waals surface area contributed by atoms with Crippen molar-refractivity contribution in [3.63, 3.8) is 0 Å². The van der Waals surface area contributed by atoms with E-state index in [9.17, 15) is 13.2 Å². The maximum atomic E-state index is 13.3. The van der Waals surface area contributed by atoms with Gasteiger partial charge in [0.05, 0.1) is 30.4 Å². The molecule has 0 bridgehead atoms. The highest BCUT2D eigenvalue weighted by Crippen LogP contribution is 2.40. The average Bonchev–Trinajstić information content (AvgIpc) is 2.98. The summed E-state index contributed by atoms with van der Waals surface area (Å²) in [5.74, 6) is 1.57. The number of hydrogen-bond acceptors (Lipinski definition) is 8. The van der Waals surface area contributed by atoms with Crippen molar-refractivity contribution in [3.05, 3.63) is 96.7 Å². The fourth-order valence-electron chi connectivity index (χ4n) is 4.53. The smallest absolute Gasteiger partial charge is 0.325 e. The molecule has 0 aliphatic heterocycles. The number of rotatable bonds is 9. The van der Waals surface area contributed by atoms with Gasteiger partial charge in [-0.25, -0.2) is 18.2 Å². The lowest BCUT2D eigenvalue weighted by atomic mass is 9.86. The molecule has 0 fully saturated rings. The number of carbonyl (C=O) groups excluding carboxylic acids is 1. The van der Waals surface area contributed by atoms with E-state index in [1.165, 1.54) is 7.11 Å². The van der Waals surface area contributed by atoms with E-state index in [1.54, 1.807) is 48.7 Å². The van der Waals surface area contributed by atoms with Crippen molar-refractivity contribution in [2.24, 2.45) is 0 Å². The molecule has 2 amide bonds. The maximum absolute atomic E-state index is 13.3. The predicted molar refractivity (Wildman–Crippen MR) is 175 cm³/mol. The Morgan fingerprint density at radius 1 is 0.800 bits per heavy atom. The number of nitrogens with zero attached hydrogens (tertiary/aromatic N) is 2. The van der Waals surface area contributed by atoms with Crippen molar-refractivity contribution in [2.45, 2.75) is 26.2 Å². The summed E-state index contributed by atoms with van der Waals surface area (Å²) in [5, 5.41) is 7.16. The van der Waals surface area contributed by atoms with Crippen LogP contribution in [0.4, 0.5) is 21.9 Å². The van der Waals surface area contributed by atoms with Crippen LogP contribution >= 0.6 is 0 Å². The summed E-state index contributed by atoms with van der Waals surface area (Å²) in [7, 11) is -2.21. The molecule has 0 aliphatic rings. The molecule has 0 aliphatic carbocycles. The van der Waals surface area contributed by atoms with Crippen LogP contribution in [-0.4, -0.2) is 37.8 Å². The molecule has 45 heavy (non-hydrogen) atoms. The van der Waals surface area contributed by atoms with E-state index in [0.717, 1.165) is 22.6 Å². The third-order valence-corrected chi connectivity index (χ3v) is 7.20. The fourth-order valence-corrected chi connectivity index (χ4v) is 5.08. The SMILES string of the molecule is COc1c(NC(=O)Nc2ccc(Oc3ccnc(Oc4ccccc4)n3)c3ccccc23)cc(C(C)(C)C)cc1NS(C)(=O)=O. The van der Waals surface area contributed by atoms with Gasteiger partial charge in [-0.05, 0) is 47.4 Å². The Hall–Kier alpha value is -5.36. The molecule has 5 rings (SSSR count). The Bertz CT molecular complexity index is 1960. The summed E-state index contributed by atoms with van der Waals surface area (Å²) in [4.78, 5) is 21.9. The molecule has 0 saturated carbocycles. The van der Waals surface area contributed by atoms with E-state index >= 15 is 0 Å². The lowest BCUT2D eigenvalue weighted by Gasteiger charge is -2.24. The highest BCUT2D eigenvalue weighted by molar-refractivity contribution is 7.92. The van der Waals surface area contributed by atoms with Crippen molar-refractivity contribution in [1.29, 1.82) is 0 Å². The van der Waals surface area contributed by atoms with Crippen molar-refractivity contribution >= 4 is 43.9 Å². The Labute approximate surface area is 261 Å². The second kappa shape index (κ2) is 12.7. The van der Waals surface area contributed by atoms with Gasteiger partial charge >= 0.3 is 12.0 Å². The lowest BCUT2D eigenvalue weighted by molar-refractivity contribution is 0.262. The Balaban J connectivity index is 1.40. The summed E-state index contributed by atoms with van der Waals surface area (Å²) in [5.41, 5.74) is 1.48. The maximum Gasteiger partial charge on any atom is 0.325 e. The van der Waals surface area contributed by atoms with E-state index in [1.807, 2.05) is 63.2 Å². The van der Waals surface area contributed by atoms with E-state index < -0.39 is 16.1 Å². The number of nitrogens with one attached hydrogen (secondary N) is 3. The quantitative estimate of drug-likeness (QED) is 0.152. The number of amides is 2. The first-order chi connectivity index (χ1) is 21.4. The molecule has 3 N–H and O–H groups in total. The number of carbonyl (C=O) groups is 1. The second-order valence-corrected chi connectivity index (χ2v) is 12.9. The minimum atomic E-state index is -3.62. The molecule has 1 aromatic heterocycles. The van der Waals surface area contributed by atoms with E-state index in [2.05, 4.69) is 25.3 Å². The number of benzene rings is 4. The van der Waals surface area contributed by atoms with Gasteiger partial charge in [0.15, 0.2) is 5.75 Å². The molecule has 0 radical (unpaired) electrons. The molecular weight excluding hydrogens is 594 g/mol. The van der Waals surface area contributed by atoms with E-state index in [-0.39, 0.29) is 28.7 Å². The number of fused-ring (bicyclic) bond motifs is 1. The predicted octanol–water partition coefficient (Wildman–Crippen LogP) is 7.54. The minimum absolute atomic E-state index is 0.138. The largest absolute Gasteiger partial charge is 0.492 e. The van der Waals surface area contributed by atoms with Crippen molar-refractivity contribution in [1.82, 2.24) is 9.97 Å². The molecule has 232 valence electrons. The number of ether oxygens (including phenoxy) is 3. The topological polar surface area (TPSA) is 141 Å². The molecule has 0 atom stereocenters. The molecule has 5 aromatic rings. The van der Waals surface area contributed by atoms with Crippen LogP contribution in [0.15, 0.2) is 91.1 Å². The molecule has 4 aromatic carbocycles. The number of aromatic nitrogens is 2.